The summed E-state index contributed by atoms with van der Waals surface area (Å²) in [6, 6.07) is 0. The molecule has 21 nitrogen and oxygen atoms in total. The van der Waals surface area contributed by atoms with Gasteiger partial charge >= 0.3 is 31.3 Å². The van der Waals surface area contributed by atoms with Gasteiger partial charge in [-0.05, 0) is 0 Å². The van der Waals surface area contributed by atoms with Gasteiger partial charge in [0, 0.05) is 7.11 Å². The lowest BCUT2D eigenvalue weighted by atomic mass is 9.85. The molecule has 9 N–H and O–H groups in total. The van der Waals surface area contributed by atoms with Crippen LogP contribution in [0.5, 0.6) is 0 Å². The molecular weight excluding hydrogens is 592 g/mol. The van der Waals surface area contributed by atoms with E-state index in [1.165, 1.54) is 7.11 Å². The second-order valence-corrected chi connectivity index (χ2v) is 11.5. The van der Waals surface area contributed by atoms with E-state index in [0.717, 1.165) is 0 Å². The topological polar surface area (TPSA) is 324 Å². The van der Waals surface area contributed by atoms with Gasteiger partial charge in [0.2, 0.25) is 0 Å². The van der Waals surface area contributed by atoms with E-state index in [0.29, 0.717) is 0 Å². The van der Waals surface area contributed by atoms with Crippen molar-refractivity contribution >= 4 is 31.3 Å². The van der Waals surface area contributed by atoms with Crippen molar-refractivity contribution in [1.29, 1.82) is 0 Å². The van der Waals surface area contributed by atoms with E-state index in [9.17, 15) is 62.7 Å². The fourth-order valence-electron chi connectivity index (χ4n) is 3.03. The van der Waals surface area contributed by atoms with Crippen molar-refractivity contribution in [2.45, 2.75) is 36.6 Å². The summed E-state index contributed by atoms with van der Waals surface area (Å²) < 4.78 is 78.8. The smallest absolute Gasteiger partial charge is 0.382 e. The van der Waals surface area contributed by atoms with Crippen LogP contribution >= 0.6 is 31.3 Å². The Hall–Kier alpha value is 0.240. The summed E-state index contributed by atoms with van der Waals surface area (Å²) in [5, 5.41) is 9.30. The molecule has 0 radical (unpaired) electrons. The number of phosphoric ester groups is 4. The average molecular weight is 618 g/mol. The van der Waals surface area contributed by atoms with Gasteiger partial charge in [-0.2, -0.15) is 0 Å². The molecule has 1 fully saturated rings. The molecule has 0 spiro atoms. The lowest BCUT2D eigenvalue weighted by molar-refractivity contribution is -0.343. The Labute approximate surface area is 202 Å². The maximum atomic E-state index is 11.6. The van der Waals surface area contributed by atoms with E-state index in [-0.39, 0.29) is 19.8 Å². The Balaban J connectivity index is 3.59. The first-order valence-corrected chi connectivity index (χ1v) is 15.3. The minimum atomic E-state index is -5.66. The monoisotopic (exact) mass is 618 g/mol. The van der Waals surface area contributed by atoms with Gasteiger partial charge in [-0.15, -0.1) is 0 Å². The van der Waals surface area contributed by atoms with Crippen LogP contribution in [0.25, 0.3) is 0 Å². The van der Waals surface area contributed by atoms with Crippen LogP contribution in [-0.4, -0.2) is 115 Å². The Bertz CT molecular complexity index is 798. The molecule has 216 valence electrons. The van der Waals surface area contributed by atoms with Gasteiger partial charge in [-0.1, -0.05) is 0 Å². The van der Waals surface area contributed by atoms with Crippen LogP contribution in [0.1, 0.15) is 0 Å². The summed E-state index contributed by atoms with van der Waals surface area (Å²) in [6.07, 6.45) is -14.9. The van der Waals surface area contributed by atoms with Crippen molar-refractivity contribution in [2.75, 3.05) is 33.5 Å². The van der Waals surface area contributed by atoms with Crippen molar-refractivity contribution < 1.29 is 99.9 Å². The number of ether oxygens (including phenoxy) is 3. The Morgan fingerprint density at radius 1 is 0.528 bits per heavy atom. The molecule has 0 aromatic carbocycles. The zero-order chi connectivity index (χ0) is 27.9. The Morgan fingerprint density at radius 3 is 1.17 bits per heavy atom. The van der Waals surface area contributed by atoms with Crippen LogP contribution in [0, 0.1) is 0 Å². The zero-order valence-corrected chi connectivity index (χ0v) is 21.6. The molecule has 6 atom stereocenters. The SMILES string of the molecule is COCCOCCOC1C(OP(=O)(O)O)[C@H](OP(=O)(O)O)C(OO)C(OP(=O)(O)O)[C@@H]1OP(=O)(O)O. The highest BCUT2D eigenvalue weighted by Gasteiger charge is 2.60. The van der Waals surface area contributed by atoms with Crippen LogP contribution in [0.4, 0.5) is 0 Å². The first kappa shape index (κ1) is 34.3. The summed E-state index contributed by atoms with van der Waals surface area (Å²) in [4.78, 5) is 78.0. The Morgan fingerprint density at radius 2 is 0.861 bits per heavy atom. The lowest BCUT2D eigenvalue weighted by Gasteiger charge is -2.47. The van der Waals surface area contributed by atoms with E-state index < -0.39 is 74.5 Å². The molecule has 1 saturated carbocycles. The van der Waals surface area contributed by atoms with Crippen LogP contribution < -0.4 is 0 Å². The van der Waals surface area contributed by atoms with Gasteiger partial charge in [-0.25, -0.2) is 23.1 Å². The highest BCUT2D eigenvalue weighted by atomic mass is 31.2. The molecule has 0 aromatic heterocycles. The molecule has 0 aromatic rings. The quantitative estimate of drug-likeness (QED) is 0.0384. The van der Waals surface area contributed by atoms with Gasteiger partial charge in [-0.3, -0.25) is 23.4 Å². The minimum absolute atomic E-state index is 0.0175. The highest BCUT2D eigenvalue weighted by Crippen LogP contribution is 2.53. The van der Waals surface area contributed by atoms with Crippen molar-refractivity contribution in [2.24, 2.45) is 0 Å². The predicted octanol–water partition coefficient (Wildman–Crippen LogP) is -2.18. The largest absolute Gasteiger partial charge is 0.470 e. The maximum absolute atomic E-state index is 11.6. The standard InChI is InChI=1S/C11H26O21P4/c1-25-2-3-26-4-5-27-6-8(29-33(13,14)15)10(31-35(19,20)21)7(28-12)11(32-36(22,23)24)9(6)30-34(16,17)18/h6-12H,2-5H2,1H3,(H2,13,14,15)(H2,16,17,18)(H2,19,20,21)(H2,22,23,24)/t6?,7?,8-,9?,10?,11-/m1/s1. The van der Waals surface area contributed by atoms with Crippen LogP contribution in [0.3, 0.4) is 0 Å². The molecule has 0 amide bonds. The van der Waals surface area contributed by atoms with E-state index in [1.807, 2.05) is 0 Å². The highest BCUT2D eigenvalue weighted by molar-refractivity contribution is 7.47. The normalized spacial score (nSPS) is 28.4. The second kappa shape index (κ2) is 14.0. The molecule has 0 bridgehead atoms. The summed E-state index contributed by atoms with van der Waals surface area (Å²) in [6.45, 7) is -0.766. The number of phosphoric acid groups is 4. The molecule has 1 aliphatic carbocycles. The summed E-state index contributed by atoms with van der Waals surface area (Å²) in [7, 11) is -21.3. The number of hydrogen-bond donors (Lipinski definition) is 9. The van der Waals surface area contributed by atoms with Gasteiger partial charge in [0.1, 0.15) is 30.5 Å². The average Bonchev–Trinajstić information content (AvgIpc) is 2.65. The number of hydrogen-bond acceptors (Lipinski definition) is 13. The molecule has 0 saturated heterocycles. The van der Waals surface area contributed by atoms with Crippen molar-refractivity contribution in [3.8, 4) is 0 Å². The molecule has 36 heavy (non-hydrogen) atoms. The summed E-state index contributed by atoms with van der Waals surface area (Å²) in [5.74, 6) is 0. The molecule has 1 rings (SSSR count). The molecule has 0 heterocycles. The van der Waals surface area contributed by atoms with Gasteiger partial charge in [0.15, 0.2) is 6.10 Å². The third-order valence-corrected chi connectivity index (χ3v) is 6.14. The molecule has 4 unspecified atom stereocenters. The van der Waals surface area contributed by atoms with Gasteiger partial charge in [0.25, 0.3) is 0 Å². The third-order valence-electron chi connectivity index (χ3n) is 4.07. The molecule has 25 heteroatoms. The van der Waals surface area contributed by atoms with E-state index in [2.05, 4.69) is 23.0 Å². The van der Waals surface area contributed by atoms with E-state index in [4.69, 9.17) is 14.2 Å². The van der Waals surface area contributed by atoms with E-state index in [1.54, 1.807) is 0 Å². The van der Waals surface area contributed by atoms with Crippen molar-refractivity contribution in [3.05, 3.63) is 0 Å². The summed E-state index contributed by atoms with van der Waals surface area (Å²) in [5.41, 5.74) is 0. The van der Waals surface area contributed by atoms with Crippen LogP contribution in [0.15, 0.2) is 0 Å². The second-order valence-electron chi connectivity index (χ2n) is 6.75. The maximum Gasteiger partial charge on any atom is 0.470 e. The van der Waals surface area contributed by atoms with E-state index >= 15 is 0 Å². The third kappa shape index (κ3) is 12.9. The van der Waals surface area contributed by atoms with Gasteiger partial charge in [0.05, 0.1) is 26.4 Å². The minimum Gasteiger partial charge on any atom is -0.382 e. The first-order valence-electron chi connectivity index (χ1n) is 9.22. The van der Waals surface area contributed by atoms with Crippen molar-refractivity contribution in [3.63, 3.8) is 0 Å². The summed E-state index contributed by atoms with van der Waals surface area (Å²) >= 11 is 0. The van der Waals surface area contributed by atoms with Gasteiger partial charge < -0.3 is 53.4 Å². The fraction of sp³-hybridized carbons (Fsp3) is 1.00. The number of methoxy groups -OCH3 is 1. The molecule has 1 aliphatic rings. The first-order chi connectivity index (χ1) is 16.3. The molecule has 0 aliphatic heterocycles. The number of rotatable bonds is 16. The molecular formula is C11H26O21P4. The Kier molecular flexibility index (Phi) is 13.4. The van der Waals surface area contributed by atoms with Crippen molar-refractivity contribution in [1.82, 2.24) is 0 Å². The van der Waals surface area contributed by atoms with Crippen LogP contribution in [0.2, 0.25) is 0 Å². The predicted molar refractivity (Wildman–Crippen MR) is 108 cm³/mol. The zero-order valence-electron chi connectivity index (χ0n) is 18.0. The fourth-order valence-corrected chi connectivity index (χ4v) is 5.26. The lowest BCUT2D eigenvalue weighted by Crippen LogP contribution is -2.66. The van der Waals surface area contributed by atoms with Crippen LogP contribution in [-0.2, 0) is 55.5 Å².